The molecule has 8 nitrogen and oxygen atoms in total. The van der Waals surface area contributed by atoms with Crippen LogP contribution in [0.5, 0.6) is 0 Å². The smallest absolute Gasteiger partial charge is 0.211 e. The first-order valence-corrected chi connectivity index (χ1v) is 11.6. The van der Waals surface area contributed by atoms with Crippen molar-refractivity contribution in [1.82, 2.24) is 4.72 Å². The van der Waals surface area contributed by atoms with E-state index in [-0.39, 0.29) is 18.1 Å². The number of aryl methyl sites for hydroxylation is 1. The molecule has 0 amide bonds. The Balaban J connectivity index is 2.28. The third kappa shape index (κ3) is 9.26. The molecular weight excluding hydrogens is 388 g/mol. The Morgan fingerprint density at radius 1 is 0.920 bits per heavy atom. The number of nitrogens with two attached hydrogens (primary N) is 3. The molecule has 25 heavy (non-hydrogen) atoms. The van der Waals surface area contributed by atoms with E-state index in [9.17, 15) is 16.8 Å². The van der Waals surface area contributed by atoms with Gasteiger partial charge in [0.2, 0.25) is 20.0 Å². The van der Waals surface area contributed by atoms with E-state index in [1.165, 1.54) is 0 Å². The molecule has 0 unspecified atom stereocenters. The van der Waals surface area contributed by atoms with Gasteiger partial charge in [0.05, 0.1) is 27.9 Å². The minimum absolute atomic E-state index is 0.000736. The van der Waals surface area contributed by atoms with Crippen LogP contribution in [0, 0.1) is 0 Å². The number of nitrogen functional groups attached to an aromatic ring is 2. The maximum absolute atomic E-state index is 11.8. The van der Waals surface area contributed by atoms with E-state index in [1.54, 1.807) is 12.1 Å². The maximum atomic E-state index is 11.8. The zero-order chi connectivity index (χ0) is 19.1. The topological polar surface area (TPSA) is 158 Å². The summed E-state index contributed by atoms with van der Waals surface area (Å²) in [6.45, 7) is 0.197. The number of nitrogens with one attached hydrogen (secondary N) is 1. The fraction of sp³-hybridized carbons (Fsp3) is 0.571. The molecule has 1 rings (SSSR count). The van der Waals surface area contributed by atoms with Crippen molar-refractivity contribution in [2.24, 2.45) is 5.14 Å². The number of hydrogen-bond acceptors (Lipinski definition) is 6. The van der Waals surface area contributed by atoms with Gasteiger partial charge in [-0.2, -0.15) is 0 Å². The normalized spacial score (nSPS) is 12.4. The highest BCUT2D eigenvalue weighted by Gasteiger charge is 2.10. The van der Waals surface area contributed by atoms with Crippen LogP contribution in [0.4, 0.5) is 11.4 Å². The lowest BCUT2D eigenvalue weighted by Gasteiger charge is -2.08. The average Bonchev–Trinajstić information content (AvgIpc) is 2.47. The molecule has 1 aromatic rings. The standard InChI is InChI=1S/C14H25ClN4O4S2/c15-14-12(16)9-11(10-13(14)17)5-1-3-8-25(22,23)19-6-2-4-7-24(18,20)21/h9-10,19H,1-8,16-17H2,(H2,18,20,21). The lowest BCUT2D eigenvalue weighted by atomic mass is 10.1. The Labute approximate surface area is 154 Å². The van der Waals surface area contributed by atoms with Crippen molar-refractivity contribution >= 4 is 43.0 Å². The molecule has 1 aromatic carbocycles. The van der Waals surface area contributed by atoms with Crippen LogP contribution in [0.25, 0.3) is 0 Å². The van der Waals surface area contributed by atoms with E-state index in [2.05, 4.69) is 4.72 Å². The van der Waals surface area contributed by atoms with Crippen molar-refractivity contribution in [3.63, 3.8) is 0 Å². The quantitative estimate of drug-likeness (QED) is 0.311. The SMILES string of the molecule is Nc1cc(CCCCS(=O)(=O)NCCCCS(N)(=O)=O)cc(N)c1Cl. The molecular formula is C14H25ClN4O4S2. The summed E-state index contributed by atoms with van der Waals surface area (Å²) >= 11 is 5.89. The van der Waals surface area contributed by atoms with Crippen LogP contribution in [0.1, 0.15) is 31.2 Å². The highest BCUT2D eigenvalue weighted by Crippen LogP contribution is 2.27. The molecule has 0 saturated carbocycles. The molecule has 0 aliphatic carbocycles. The van der Waals surface area contributed by atoms with Crippen molar-refractivity contribution in [3.05, 3.63) is 22.7 Å². The average molecular weight is 413 g/mol. The summed E-state index contributed by atoms with van der Waals surface area (Å²) in [6.07, 6.45) is 2.52. The minimum Gasteiger partial charge on any atom is -0.397 e. The predicted octanol–water partition coefficient (Wildman–Crippen LogP) is 0.815. The zero-order valence-corrected chi connectivity index (χ0v) is 16.3. The van der Waals surface area contributed by atoms with Gasteiger partial charge >= 0.3 is 0 Å². The van der Waals surface area contributed by atoms with E-state index >= 15 is 0 Å². The van der Waals surface area contributed by atoms with Crippen molar-refractivity contribution in [2.45, 2.75) is 32.1 Å². The van der Waals surface area contributed by atoms with E-state index in [0.717, 1.165) is 5.56 Å². The van der Waals surface area contributed by atoms with E-state index in [0.29, 0.717) is 48.5 Å². The summed E-state index contributed by atoms with van der Waals surface area (Å²) < 4.78 is 47.7. The Hall–Kier alpha value is -1.07. The van der Waals surface area contributed by atoms with E-state index in [4.69, 9.17) is 28.2 Å². The van der Waals surface area contributed by atoms with Crippen LogP contribution in [0.2, 0.25) is 5.02 Å². The Morgan fingerprint density at radius 2 is 1.48 bits per heavy atom. The Bertz CT molecular complexity index is 759. The first-order valence-electron chi connectivity index (χ1n) is 7.81. The minimum atomic E-state index is -3.50. The number of hydrogen-bond donors (Lipinski definition) is 4. The number of sulfonamides is 2. The molecule has 11 heteroatoms. The molecule has 0 fully saturated rings. The van der Waals surface area contributed by atoms with Crippen molar-refractivity contribution < 1.29 is 16.8 Å². The third-order valence-corrected chi connectivity index (χ3v) is 6.26. The highest BCUT2D eigenvalue weighted by molar-refractivity contribution is 7.89. The van der Waals surface area contributed by atoms with Crippen LogP contribution in [0.15, 0.2) is 12.1 Å². The maximum Gasteiger partial charge on any atom is 0.211 e. The summed E-state index contributed by atoms with van der Waals surface area (Å²) in [5, 5.41) is 5.20. The monoisotopic (exact) mass is 412 g/mol. The highest BCUT2D eigenvalue weighted by atomic mass is 35.5. The molecule has 0 aliphatic heterocycles. The number of benzene rings is 1. The molecule has 144 valence electrons. The fourth-order valence-electron chi connectivity index (χ4n) is 2.23. The number of unbranched alkanes of at least 4 members (excludes halogenated alkanes) is 2. The molecule has 0 atom stereocenters. The first-order chi connectivity index (χ1) is 11.5. The van der Waals surface area contributed by atoms with Gasteiger partial charge in [-0.15, -0.1) is 0 Å². The molecule has 0 heterocycles. The summed E-state index contributed by atoms with van der Waals surface area (Å²) in [6, 6.07) is 3.47. The summed E-state index contributed by atoms with van der Waals surface area (Å²) in [4.78, 5) is 0. The second kappa shape index (κ2) is 9.58. The molecule has 0 aromatic heterocycles. The van der Waals surface area contributed by atoms with Crippen LogP contribution in [-0.4, -0.2) is 34.9 Å². The zero-order valence-electron chi connectivity index (χ0n) is 13.9. The Kier molecular flexibility index (Phi) is 8.42. The molecule has 7 N–H and O–H groups in total. The molecule has 0 bridgehead atoms. The van der Waals surface area contributed by atoms with Gasteiger partial charge in [-0.25, -0.2) is 26.7 Å². The number of halogens is 1. The van der Waals surface area contributed by atoms with Crippen LogP contribution < -0.4 is 21.3 Å². The number of rotatable bonds is 11. The Morgan fingerprint density at radius 3 is 2.04 bits per heavy atom. The molecule has 0 aliphatic rings. The van der Waals surface area contributed by atoms with Gasteiger partial charge < -0.3 is 11.5 Å². The van der Waals surface area contributed by atoms with Gasteiger partial charge in [0.1, 0.15) is 0 Å². The van der Waals surface area contributed by atoms with Gasteiger partial charge in [0.25, 0.3) is 0 Å². The van der Waals surface area contributed by atoms with Crippen molar-refractivity contribution in [1.29, 1.82) is 0 Å². The van der Waals surface area contributed by atoms with Crippen LogP contribution in [0.3, 0.4) is 0 Å². The summed E-state index contributed by atoms with van der Waals surface area (Å²) in [5.41, 5.74) is 13.2. The van der Waals surface area contributed by atoms with E-state index in [1.807, 2.05) is 0 Å². The lowest BCUT2D eigenvalue weighted by Crippen LogP contribution is -2.28. The largest absolute Gasteiger partial charge is 0.397 e. The van der Waals surface area contributed by atoms with Gasteiger partial charge in [-0.05, 0) is 49.8 Å². The van der Waals surface area contributed by atoms with Crippen molar-refractivity contribution in [2.75, 3.05) is 29.5 Å². The van der Waals surface area contributed by atoms with E-state index < -0.39 is 20.0 Å². The van der Waals surface area contributed by atoms with Gasteiger partial charge in [0.15, 0.2) is 0 Å². The lowest BCUT2D eigenvalue weighted by molar-refractivity contribution is 0.573. The molecule has 0 spiro atoms. The molecule has 0 saturated heterocycles. The van der Waals surface area contributed by atoms with Crippen LogP contribution >= 0.6 is 11.6 Å². The third-order valence-electron chi connectivity index (χ3n) is 3.49. The summed E-state index contributed by atoms with van der Waals surface area (Å²) in [5.74, 6) is -0.150. The second-order valence-corrected chi connectivity index (χ2v) is 9.87. The van der Waals surface area contributed by atoms with Gasteiger partial charge in [-0.3, -0.25) is 0 Å². The summed E-state index contributed by atoms with van der Waals surface area (Å²) in [7, 11) is -6.87. The predicted molar refractivity (Wildman–Crippen MR) is 102 cm³/mol. The fourth-order valence-corrected chi connectivity index (χ4v) is 4.13. The van der Waals surface area contributed by atoms with Crippen molar-refractivity contribution in [3.8, 4) is 0 Å². The van der Waals surface area contributed by atoms with Crippen LogP contribution in [-0.2, 0) is 26.5 Å². The molecule has 0 radical (unpaired) electrons. The first kappa shape index (κ1) is 22.0. The second-order valence-electron chi connectivity index (χ2n) is 5.83. The number of primary sulfonamides is 1. The van der Waals surface area contributed by atoms with Gasteiger partial charge in [-0.1, -0.05) is 11.6 Å². The van der Waals surface area contributed by atoms with Gasteiger partial charge in [0, 0.05) is 6.54 Å². The number of anilines is 2.